The first-order valence-electron chi connectivity index (χ1n) is 9.47. The Morgan fingerprint density at radius 3 is 2.70 bits per heavy atom. The Hall–Kier alpha value is -4.31. The van der Waals surface area contributed by atoms with E-state index in [1.807, 2.05) is 0 Å². The monoisotopic (exact) mass is 468 g/mol. The zero-order valence-corrected chi connectivity index (χ0v) is 17.5. The van der Waals surface area contributed by atoms with Crippen LogP contribution in [0.4, 0.5) is 10.1 Å². The van der Waals surface area contributed by atoms with Gasteiger partial charge in [0.15, 0.2) is 0 Å². The number of hydrogen-bond donors (Lipinski definition) is 1. The van der Waals surface area contributed by atoms with Crippen LogP contribution < -0.4 is 16.0 Å². The number of fused-ring (bicyclic) bond motifs is 1. The van der Waals surface area contributed by atoms with Gasteiger partial charge in [-0.1, -0.05) is 35.9 Å². The SMILES string of the molecule is O=c1[nH]c2ccccc2c(=O)n1N=Cc1cc(Cl)c(OCc2cccc(F)c2)c([N+](=O)[O-])c1. The summed E-state index contributed by atoms with van der Waals surface area (Å²) >= 11 is 6.20. The molecule has 0 saturated carbocycles. The highest BCUT2D eigenvalue weighted by Crippen LogP contribution is 2.36. The van der Waals surface area contributed by atoms with Crippen molar-refractivity contribution in [2.24, 2.45) is 5.10 Å². The highest BCUT2D eigenvalue weighted by atomic mass is 35.5. The lowest BCUT2D eigenvalue weighted by Gasteiger charge is -2.09. The van der Waals surface area contributed by atoms with E-state index in [0.717, 1.165) is 12.3 Å². The molecular formula is C22H14ClFN4O5. The lowest BCUT2D eigenvalue weighted by molar-refractivity contribution is -0.385. The smallest absolute Gasteiger partial charge is 0.349 e. The topological polar surface area (TPSA) is 120 Å². The van der Waals surface area contributed by atoms with E-state index < -0.39 is 27.7 Å². The molecule has 0 bridgehead atoms. The number of para-hydroxylation sites is 1. The van der Waals surface area contributed by atoms with Gasteiger partial charge in [0.25, 0.3) is 5.56 Å². The molecule has 166 valence electrons. The van der Waals surface area contributed by atoms with Gasteiger partial charge in [-0.05, 0) is 35.9 Å². The fourth-order valence-electron chi connectivity index (χ4n) is 3.12. The van der Waals surface area contributed by atoms with Crippen molar-refractivity contribution in [3.05, 3.63) is 114 Å². The van der Waals surface area contributed by atoms with E-state index in [-0.39, 0.29) is 28.3 Å². The number of benzene rings is 3. The average molecular weight is 469 g/mol. The molecule has 0 saturated heterocycles. The van der Waals surface area contributed by atoms with Crippen molar-refractivity contribution >= 4 is 34.4 Å². The first-order valence-corrected chi connectivity index (χ1v) is 9.85. The Morgan fingerprint density at radius 1 is 1.15 bits per heavy atom. The molecule has 0 amide bonds. The van der Waals surface area contributed by atoms with Crippen molar-refractivity contribution in [3.8, 4) is 5.75 Å². The number of nitrogens with zero attached hydrogens (tertiary/aromatic N) is 3. The van der Waals surface area contributed by atoms with E-state index >= 15 is 0 Å². The summed E-state index contributed by atoms with van der Waals surface area (Å²) in [7, 11) is 0. The second kappa shape index (κ2) is 9.05. The quantitative estimate of drug-likeness (QED) is 0.262. The van der Waals surface area contributed by atoms with Gasteiger partial charge in [-0.15, -0.1) is 4.68 Å². The summed E-state index contributed by atoms with van der Waals surface area (Å²) in [5.74, 6) is -0.675. The molecule has 3 aromatic carbocycles. The molecule has 0 fully saturated rings. The van der Waals surface area contributed by atoms with Crippen LogP contribution >= 0.6 is 11.6 Å². The van der Waals surface area contributed by atoms with Gasteiger partial charge in [0, 0.05) is 11.6 Å². The molecule has 0 aliphatic rings. The van der Waals surface area contributed by atoms with Gasteiger partial charge in [-0.2, -0.15) is 5.10 Å². The molecule has 1 N–H and O–H groups in total. The molecular weight excluding hydrogens is 455 g/mol. The van der Waals surface area contributed by atoms with Crippen molar-refractivity contribution in [1.29, 1.82) is 0 Å². The largest absolute Gasteiger partial charge is 0.481 e. The second-order valence-electron chi connectivity index (χ2n) is 6.86. The average Bonchev–Trinajstić information content (AvgIpc) is 2.78. The molecule has 33 heavy (non-hydrogen) atoms. The fraction of sp³-hybridized carbons (Fsp3) is 0.0455. The predicted octanol–water partition coefficient (Wildman–Crippen LogP) is 3.85. The Kier molecular flexibility index (Phi) is 6.01. The van der Waals surface area contributed by atoms with Crippen molar-refractivity contribution in [3.63, 3.8) is 0 Å². The molecule has 0 aliphatic heterocycles. The van der Waals surface area contributed by atoms with Gasteiger partial charge in [0.1, 0.15) is 12.4 Å². The Bertz CT molecular complexity index is 1530. The third-order valence-corrected chi connectivity index (χ3v) is 4.90. The van der Waals surface area contributed by atoms with Gasteiger partial charge < -0.3 is 9.72 Å². The van der Waals surface area contributed by atoms with Gasteiger partial charge in [0.2, 0.25) is 5.75 Å². The van der Waals surface area contributed by atoms with Gasteiger partial charge in [-0.3, -0.25) is 14.9 Å². The Balaban J connectivity index is 1.68. The second-order valence-corrected chi connectivity index (χ2v) is 7.27. The van der Waals surface area contributed by atoms with Gasteiger partial charge in [-0.25, -0.2) is 9.18 Å². The maximum atomic E-state index is 13.3. The summed E-state index contributed by atoms with van der Waals surface area (Å²) in [5, 5.41) is 15.6. The summed E-state index contributed by atoms with van der Waals surface area (Å²) in [6.07, 6.45) is 1.10. The number of nitro benzene ring substituents is 1. The summed E-state index contributed by atoms with van der Waals surface area (Å²) in [5.41, 5.74) is -0.908. The maximum absolute atomic E-state index is 13.3. The van der Waals surface area contributed by atoms with E-state index in [9.17, 15) is 24.1 Å². The minimum atomic E-state index is -0.773. The molecule has 0 atom stereocenters. The standard InChI is InChI=1S/C22H14ClFN4O5/c23-17-9-14(11-25-27-21(29)16-6-1-2-7-18(16)26-22(27)30)10-19(28(31)32)20(17)33-12-13-4-3-5-15(24)8-13/h1-11H,12H2,(H,26,30). The van der Waals surface area contributed by atoms with Crippen LogP contribution in [0, 0.1) is 15.9 Å². The zero-order valence-electron chi connectivity index (χ0n) is 16.7. The van der Waals surface area contributed by atoms with Gasteiger partial charge in [0.05, 0.1) is 27.1 Å². The lowest BCUT2D eigenvalue weighted by atomic mass is 10.2. The van der Waals surface area contributed by atoms with E-state index in [1.165, 1.54) is 30.3 Å². The normalized spacial score (nSPS) is 11.2. The van der Waals surface area contributed by atoms with Crippen LogP contribution in [0.15, 0.2) is 75.4 Å². The van der Waals surface area contributed by atoms with Crippen LogP contribution in [-0.4, -0.2) is 20.8 Å². The molecule has 0 radical (unpaired) electrons. The predicted molar refractivity (Wildman–Crippen MR) is 121 cm³/mol. The minimum Gasteiger partial charge on any atom is -0.481 e. The van der Waals surface area contributed by atoms with Crippen LogP contribution in [0.3, 0.4) is 0 Å². The van der Waals surface area contributed by atoms with Crippen molar-refractivity contribution < 1.29 is 14.1 Å². The third-order valence-electron chi connectivity index (χ3n) is 4.62. The number of ether oxygens (including phenoxy) is 1. The molecule has 11 heteroatoms. The highest BCUT2D eigenvalue weighted by Gasteiger charge is 2.21. The van der Waals surface area contributed by atoms with E-state index in [4.69, 9.17) is 16.3 Å². The Morgan fingerprint density at radius 2 is 1.94 bits per heavy atom. The summed E-state index contributed by atoms with van der Waals surface area (Å²) in [6, 6.07) is 14.5. The Labute approximate surface area is 189 Å². The number of nitro groups is 1. The number of hydrogen-bond acceptors (Lipinski definition) is 6. The number of rotatable bonds is 6. The van der Waals surface area contributed by atoms with Crippen LogP contribution in [-0.2, 0) is 6.61 Å². The number of H-pyrrole nitrogens is 1. The van der Waals surface area contributed by atoms with Crippen LogP contribution in [0.2, 0.25) is 5.02 Å². The van der Waals surface area contributed by atoms with E-state index in [0.29, 0.717) is 15.8 Å². The first-order chi connectivity index (χ1) is 15.8. The molecule has 0 spiro atoms. The fourth-order valence-corrected chi connectivity index (χ4v) is 3.39. The zero-order chi connectivity index (χ0) is 23.5. The number of nitrogens with one attached hydrogen (secondary N) is 1. The van der Waals surface area contributed by atoms with E-state index in [1.54, 1.807) is 24.3 Å². The van der Waals surface area contributed by atoms with Crippen LogP contribution in [0.5, 0.6) is 5.75 Å². The highest BCUT2D eigenvalue weighted by molar-refractivity contribution is 6.32. The molecule has 0 unspecified atom stereocenters. The molecule has 1 heterocycles. The number of halogens is 2. The molecule has 0 aliphatic carbocycles. The van der Waals surface area contributed by atoms with Crippen molar-refractivity contribution in [2.75, 3.05) is 0 Å². The van der Waals surface area contributed by atoms with Crippen LogP contribution in [0.1, 0.15) is 11.1 Å². The van der Waals surface area contributed by atoms with Crippen molar-refractivity contribution in [1.82, 2.24) is 9.66 Å². The van der Waals surface area contributed by atoms with E-state index in [2.05, 4.69) is 10.1 Å². The van der Waals surface area contributed by atoms with Gasteiger partial charge >= 0.3 is 11.4 Å². The molecule has 4 rings (SSSR count). The molecule has 9 nitrogen and oxygen atoms in total. The maximum Gasteiger partial charge on any atom is 0.349 e. The molecule has 1 aromatic heterocycles. The minimum absolute atomic E-state index is 0.0955. The number of aromatic amines is 1. The third kappa shape index (κ3) is 4.65. The number of aromatic nitrogens is 2. The molecule has 4 aromatic rings. The van der Waals surface area contributed by atoms with Crippen LogP contribution in [0.25, 0.3) is 10.9 Å². The summed E-state index contributed by atoms with van der Waals surface area (Å²) < 4.78 is 19.4. The summed E-state index contributed by atoms with van der Waals surface area (Å²) in [6.45, 7) is -0.145. The summed E-state index contributed by atoms with van der Waals surface area (Å²) in [4.78, 5) is 38.2. The van der Waals surface area contributed by atoms with Crippen molar-refractivity contribution in [2.45, 2.75) is 6.61 Å². The lowest BCUT2D eigenvalue weighted by Crippen LogP contribution is -2.32. The first kappa shape index (κ1) is 21.9.